The maximum Gasteiger partial charge on any atom is 0.313 e. The molecule has 8 rings (SSSR count). The Bertz CT molecular complexity index is 1900. The van der Waals surface area contributed by atoms with Gasteiger partial charge in [0.2, 0.25) is 5.88 Å². The Morgan fingerprint density at radius 3 is 2.42 bits per heavy atom. The number of carboxylic acids is 1. The number of carbonyl (C=O) groups is 1. The van der Waals surface area contributed by atoms with Gasteiger partial charge in [-0.2, -0.15) is 5.10 Å². The molecule has 0 radical (unpaired) electrons. The molecule has 0 amide bonds. The van der Waals surface area contributed by atoms with Gasteiger partial charge in [-0.25, -0.2) is 0 Å². The zero-order valence-electron chi connectivity index (χ0n) is 36.0. The van der Waals surface area contributed by atoms with Crippen molar-refractivity contribution in [3.8, 4) is 5.88 Å². The third kappa shape index (κ3) is 6.71. The van der Waals surface area contributed by atoms with Crippen LogP contribution in [0.4, 0.5) is 0 Å². The van der Waals surface area contributed by atoms with Gasteiger partial charge in [-0.15, -0.1) is 5.10 Å². The molecule has 1 saturated heterocycles. The van der Waals surface area contributed by atoms with Crippen molar-refractivity contribution in [3.05, 3.63) is 53.8 Å². The fourth-order valence-electron chi connectivity index (χ4n) is 15.2. The molecule has 1 aromatic heterocycles. The quantitative estimate of drug-likeness (QED) is 0.179. The van der Waals surface area contributed by atoms with Crippen LogP contribution >= 0.6 is 0 Å². The summed E-state index contributed by atoms with van der Waals surface area (Å²) in [6.45, 7) is 24.0. The van der Waals surface area contributed by atoms with E-state index in [1.165, 1.54) is 68.1 Å². The number of fused-ring (bicyclic) bond motifs is 7. The van der Waals surface area contributed by atoms with Crippen LogP contribution in [0.5, 0.6) is 5.88 Å². The highest BCUT2D eigenvalue weighted by molar-refractivity contribution is 8.00. The van der Waals surface area contributed by atoms with E-state index in [1.807, 2.05) is 0 Å². The Labute approximate surface area is 344 Å². The van der Waals surface area contributed by atoms with Gasteiger partial charge in [0, 0.05) is 55.5 Å². The van der Waals surface area contributed by atoms with E-state index in [1.54, 1.807) is 18.3 Å². The molecule has 6 aliphatic carbocycles. The molecule has 5 fully saturated rings. The van der Waals surface area contributed by atoms with Gasteiger partial charge < -0.3 is 20.1 Å². The maximum atomic E-state index is 12.7. The summed E-state index contributed by atoms with van der Waals surface area (Å²) in [4.78, 5) is 15.2. The standard InChI is InChI=1S/C48H72N4O4S/c1-33(2)35-15-22-48(49-26-27-52-28-30-57(8,55)31-29-52)24-23-45(6)37(41(35)48)11-12-39-44(5)18-16-36(43(3,4)38(44)17-19-46(39,45)7)34-13-20-47(21-14-34,42(53)54)32-56-40-10-9-25-50-51-40/h9-10,13,16,25,35,37-39,41,49H,1,8,11-12,14-15,17-24,26-32H2,2-7H3,(H,53,54)/t35-,37+,38-,39+,41+,44-,45+,46+,47?,48-/m0/s1. The first-order valence-electron chi connectivity index (χ1n) is 22.4. The molecular formula is C48H72N4O4S. The SMILES string of the molecule is C=C(C)[C@@H]1CC[C@]2(NCCN3CCS(=C)(=O)CC3)CC[C@]3(C)[C@H](CC[C@@H]4[C@@]5(C)CC=C(C6=CCC(COc7cccnn7)(C(=O)O)CC6)C(C)(C)[C@@H]5CC[C@]43C)[C@@H]12. The van der Waals surface area contributed by atoms with E-state index < -0.39 is 20.9 Å². The second kappa shape index (κ2) is 14.6. The third-order valence-electron chi connectivity index (χ3n) is 18.6. The van der Waals surface area contributed by atoms with E-state index >= 15 is 0 Å². The molecule has 10 atom stereocenters. The molecule has 8 nitrogen and oxygen atoms in total. The van der Waals surface area contributed by atoms with Crippen LogP contribution in [-0.4, -0.2) is 86.1 Å². The summed E-state index contributed by atoms with van der Waals surface area (Å²) in [6, 6.07) is 3.49. The summed E-state index contributed by atoms with van der Waals surface area (Å²) < 4.78 is 18.4. The number of carboxylic acid groups (broad SMARTS) is 1. The topological polar surface area (TPSA) is 105 Å². The predicted molar refractivity (Wildman–Crippen MR) is 232 cm³/mol. The largest absolute Gasteiger partial charge is 0.481 e. The van der Waals surface area contributed by atoms with Gasteiger partial charge in [0.15, 0.2) is 0 Å². The molecule has 0 bridgehead atoms. The number of nitrogens with one attached hydrogen (secondary N) is 1. The van der Waals surface area contributed by atoms with E-state index in [2.05, 4.69) is 86.6 Å². The average molecular weight is 801 g/mol. The zero-order chi connectivity index (χ0) is 40.6. The van der Waals surface area contributed by atoms with E-state index in [9.17, 15) is 14.1 Å². The third-order valence-corrected chi connectivity index (χ3v) is 20.4. The van der Waals surface area contributed by atoms with Gasteiger partial charge in [0.25, 0.3) is 0 Å². The number of rotatable bonds is 10. The Morgan fingerprint density at radius 2 is 1.75 bits per heavy atom. The van der Waals surface area contributed by atoms with Crippen molar-refractivity contribution in [1.29, 1.82) is 0 Å². The smallest absolute Gasteiger partial charge is 0.313 e. The predicted octanol–water partition coefficient (Wildman–Crippen LogP) is 8.60. The lowest BCUT2D eigenvalue weighted by atomic mass is 9.33. The molecule has 57 heavy (non-hydrogen) atoms. The van der Waals surface area contributed by atoms with Crippen LogP contribution in [0.1, 0.15) is 119 Å². The fraction of sp³-hybridized carbons (Fsp3) is 0.750. The molecule has 1 unspecified atom stereocenters. The minimum Gasteiger partial charge on any atom is -0.481 e. The summed E-state index contributed by atoms with van der Waals surface area (Å²) >= 11 is 0. The van der Waals surface area contributed by atoms with Crippen LogP contribution < -0.4 is 10.1 Å². The number of hydrogen-bond acceptors (Lipinski definition) is 7. The van der Waals surface area contributed by atoms with E-state index in [0.29, 0.717) is 48.3 Å². The zero-order valence-corrected chi connectivity index (χ0v) is 36.9. The van der Waals surface area contributed by atoms with Gasteiger partial charge in [0.05, 0.1) is 0 Å². The lowest BCUT2D eigenvalue weighted by Crippen LogP contribution is -2.68. The highest BCUT2D eigenvalue weighted by Gasteiger charge is 2.70. The monoisotopic (exact) mass is 801 g/mol. The van der Waals surface area contributed by atoms with Crippen molar-refractivity contribution in [1.82, 2.24) is 20.4 Å². The molecule has 2 N–H and O–H groups in total. The lowest BCUT2D eigenvalue weighted by Gasteiger charge is -2.72. The fourth-order valence-corrected chi connectivity index (χ4v) is 16.6. The maximum absolute atomic E-state index is 12.7. The Balaban J connectivity index is 1.01. The van der Waals surface area contributed by atoms with Crippen LogP contribution in [0.2, 0.25) is 0 Å². The Kier molecular flexibility index (Phi) is 10.6. The summed E-state index contributed by atoms with van der Waals surface area (Å²) in [5.41, 5.74) is 4.23. The van der Waals surface area contributed by atoms with Gasteiger partial charge in [-0.05, 0) is 168 Å². The van der Waals surface area contributed by atoms with E-state index in [-0.39, 0.29) is 33.8 Å². The number of aliphatic carboxylic acids is 1. The van der Waals surface area contributed by atoms with Crippen LogP contribution in [0.25, 0.3) is 0 Å². The minimum atomic E-state index is -1.87. The van der Waals surface area contributed by atoms with Crippen LogP contribution in [0, 0.1) is 56.7 Å². The second-order valence-corrected chi connectivity index (χ2v) is 24.1. The van der Waals surface area contributed by atoms with E-state index in [0.717, 1.165) is 50.5 Å². The summed E-state index contributed by atoms with van der Waals surface area (Å²) in [6.07, 6.45) is 19.6. The van der Waals surface area contributed by atoms with Crippen molar-refractivity contribution >= 4 is 21.4 Å². The van der Waals surface area contributed by atoms with Crippen LogP contribution in [0.3, 0.4) is 0 Å². The summed E-state index contributed by atoms with van der Waals surface area (Å²) in [5.74, 6) is 8.21. The highest BCUT2D eigenvalue weighted by atomic mass is 32.2. The normalized spacial score (nSPS) is 42.3. The van der Waals surface area contributed by atoms with Crippen molar-refractivity contribution in [2.75, 3.05) is 44.3 Å². The molecule has 0 spiro atoms. The molecule has 0 aromatic carbocycles. The highest BCUT2D eigenvalue weighted by Crippen LogP contribution is 2.76. The van der Waals surface area contributed by atoms with Gasteiger partial charge in [-0.3, -0.25) is 9.00 Å². The summed E-state index contributed by atoms with van der Waals surface area (Å²) in [5, 5.41) is 22.6. The average Bonchev–Trinajstić information content (AvgIpc) is 3.55. The second-order valence-electron chi connectivity index (χ2n) is 21.4. The number of allylic oxidation sites excluding steroid dienone is 5. The van der Waals surface area contributed by atoms with Crippen LogP contribution in [-0.2, 0) is 14.3 Å². The Morgan fingerprint density at radius 1 is 0.982 bits per heavy atom. The Hall–Kier alpha value is -2.49. The number of hydrogen-bond donors (Lipinski definition) is 2. The lowest BCUT2D eigenvalue weighted by molar-refractivity contribution is -0.221. The van der Waals surface area contributed by atoms with Crippen molar-refractivity contribution in [2.24, 2.45) is 56.7 Å². The molecule has 1 aliphatic heterocycles. The van der Waals surface area contributed by atoms with Crippen molar-refractivity contribution in [2.45, 2.75) is 124 Å². The minimum absolute atomic E-state index is 0.0118. The van der Waals surface area contributed by atoms with Crippen molar-refractivity contribution < 1.29 is 18.8 Å². The molecule has 7 aliphatic rings. The molecule has 9 heteroatoms. The molecule has 1 aromatic rings. The van der Waals surface area contributed by atoms with E-state index in [4.69, 9.17) is 4.74 Å². The summed E-state index contributed by atoms with van der Waals surface area (Å²) in [7, 11) is -1.87. The number of aromatic nitrogens is 2. The number of ether oxygens (including phenoxy) is 1. The molecular weight excluding hydrogens is 729 g/mol. The van der Waals surface area contributed by atoms with Crippen molar-refractivity contribution in [3.63, 3.8) is 0 Å². The molecule has 4 saturated carbocycles. The first-order valence-corrected chi connectivity index (χ1v) is 24.5. The first-order chi connectivity index (χ1) is 26.9. The van der Waals surface area contributed by atoms with Crippen LogP contribution in [0.15, 0.2) is 53.8 Å². The number of nitrogens with zero attached hydrogens (tertiary/aromatic N) is 3. The van der Waals surface area contributed by atoms with Gasteiger partial charge in [0.1, 0.15) is 12.0 Å². The molecule has 314 valence electrons. The van der Waals surface area contributed by atoms with Gasteiger partial charge in [-0.1, -0.05) is 58.9 Å². The van der Waals surface area contributed by atoms with Gasteiger partial charge >= 0.3 is 5.97 Å². The first kappa shape index (κ1) is 41.3. The molecule has 2 heterocycles.